The molecule has 1 atom stereocenters. The molecule has 1 aliphatic carbocycles. The smallest absolute Gasteiger partial charge is 0.355 e. The topological polar surface area (TPSA) is 59.2 Å². The highest BCUT2D eigenvalue weighted by atomic mass is 35.5. The first-order valence-electron chi connectivity index (χ1n) is 8.19. The monoisotopic (exact) mass is 345 g/mol. The summed E-state index contributed by atoms with van der Waals surface area (Å²) < 4.78 is 5.20. The van der Waals surface area contributed by atoms with Crippen molar-refractivity contribution in [3.8, 4) is 0 Å². The number of hydrogen-bond acceptors (Lipinski definition) is 3. The summed E-state index contributed by atoms with van der Waals surface area (Å²) in [7, 11) is 0. The molecule has 0 amide bonds. The van der Waals surface area contributed by atoms with E-state index in [1.54, 1.807) is 6.92 Å². The SMILES string of the molecule is CCCOC(=O)c1[nH]c2c(c1C)C(=O)CC(c1ccccc1Cl)C2. The fourth-order valence-electron chi connectivity index (χ4n) is 3.33. The highest BCUT2D eigenvalue weighted by Crippen LogP contribution is 2.37. The van der Waals surface area contributed by atoms with Crippen molar-refractivity contribution in [2.45, 2.75) is 39.0 Å². The van der Waals surface area contributed by atoms with E-state index in [0.29, 0.717) is 41.3 Å². The van der Waals surface area contributed by atoms with Crippen LogP contribution in [0, 0.1) is 6.92 Å². The minimum Gasteiger partial charge on any atom is -0.461 e. The molecule has 0 radical (unpaired) electrons. The third kappa shape index (κ3) is 2.98. The van der Waals surface area contributed by atoms with Crippen molar-refractivity contribution >= 4 is 23.4 Å². The van der Waals surface area contributed by atoms with Crippen molar-refractivity contribution in [3.05, 3.63) is 57.4 Å². The van der Waals surface area contributed by atoms with E-state index in [1.165, 1.54) is 0 Å². The van der Waals surface area contributed by atoms with E-state index >= 15 is 0 Å². The van der Waals surface area contributed by atoms with Gasteiger partial charge < -0.3 is 9.72 Å². The Kier molecular flexibility index (Phi) is 4.76. The van der Waals surface area contributed by atoms with Gasteiger partial charge in [-0.15, -0.1) is 0 Å². The molecule has 5 heteroatoms. The maximum Gasteiger partial charge on any atom is 0.355 e. The lowest BCUT2D eigenvalue weighted by molar-refractivity contribution is 0.0498. The Hall–Kier alpha value is -2.07. The van der Waals surface area contributed by atoms with Gasteiger partial charge in [-0.05, 0) is 42.9 Å². The molecule has 0 spiro atoms. The molecule has 3 rings (SSSR count). The number of H-pyrrole nitrogens is 1. The molecule has 0 fully saturated rings. The molecule has 24 heavy (non-hydrogen) atoms. The van der Waals surface area contributed by atoms with Gasteiger partial charge in [0, 0.05) is 22.7 Å². The number of halogens is 1. The number of benzene rings is 1. The summed E-state index contributed by atoms with van der Waals surface area (Å²) >= 11 is 6.28. The third-order valence-electron chi connectivity index (χ3n) is 4.48. The zero-order chi connectivity index (χ0) is 17.3. The van der Waals surface area contributed by atoms with Gasteiger partial charge in [0.2, 0.25) is 0 Å². The summed E-state index contributed by atoms with van der Waals surface area (Å²) in [5, 5.41) is 0.671. The molecule has 1 N–H and O–H groups in total. The van der Waals surface area contributed by atoms with Crippen LogP contribution in [0.2, 0.25) is 5.02 Å². The fraction of sp³-hybridized carbons (Fsp3) is 0.368. The summed E-state index contributed by atoms with van der Waals surface area (Å²) in [4.78, 5) is 27.9. The highest BCUT2D eigenvalue weighted by molar-refractivity contribution is 6.31. The predicted molar refractivity (Wildman–Crippen MR) is 92.9 cm³/mol. The van der Waals surface area contributed by atoms with Crippen molar-refractivity contribution in [2.75, 3.05) is 6.61 Å². The number of aromatic nitrogens is 1. The van der Waals surface area contributed by atoms with Crippen LogP contribution in [0.3, 0.4) is 0 Å². The van der Waals surface area contributed by atoms with Crippen molar-refractivity contribution in [3.63, 3.8) is 0 Å². The van der Waals surface area contributed by atoms with Crippen LogP contribution < -0.4 is 0 Å². The number of carbonyl (C=O) groups is 2. The van der Waals surface area contributed by atoms with Gasteiger partial charge >= 0.3 is 5.97 Å². The van der Waals surface area contributed by atoms with E-state index in [-0.39, 0.29) is 11.7 Å². The summed E-state index contributed by atoms with van der Waals surface area (Å²) in [6.07, 6.45) is 1.82. The van der Waals surface area contributed by atoms with Gasteiger partial charge in [-0.3, -0.25) is 4.79 Å². The maximum absolute atomic E-state index is 12.6. The molecular weight excluding hydrogens is 326 g/mol. The molecule has 0 bridgehead atoms. The van der Waals surface area contributed by atoms with Crippen LogP contribution in [-0.4, -0.2) is 23.3 Å². The number of Topliss-reactive ketones (excluding diaryl/α,β-unsaturated/α-hetero) is 1. The Balaban J connectivity index is 1.93. The largest absolute Gasteiger partial charge is 0.461 e. The van der Waals surface area contributed by atoms with E-state index in [2.05, 4.69) is 4.98 Å². The first-order chi connectivity index (χ1) is 11.5. The average Bonchev–Trinajstić information content (AvgIpc) is 2.90. The quantitative estimate of drug-likeness (QED) is 0.832. The van der Waals surface area contributed by atoms with Crippen molar-refractivity contribution < 1.29 is 14.3 Å². The normalized spacial score (nSPS) is 16.8. The predicted octanol–water partition coefficient (Wildman–Crippen LogP) is 4.46. The Morgan fingerprint density at radius 2 is 2.08 bits per heavy atom. The Labute approximate surface area is 146 Å². The van der Waals surface area contributed by atoms with Crippen LogP contribution in [0.5, 0.6) is 0 Å². The highest BCUT2D eigenvalue weighted by Gasteiger charge is 2.32. The number of esters is 1. The lowest BCUT2D eigenvalue weighted by Crippen LogP contribution is -2.18. The van der Waals surface area contributed by atoms with E-state index < -0.39 is 5.97 Å². The van der Waals surface area contributed by atoms with E-state index in [1.807, 2.05) is 31.2 Å². The molecule has 1 aromatic carbocycles. The molecule has 4 nitrogen and oxygen atoms in total. The fourth-order valence-corrected chi connectivity index (χ4v) is 3.62. The molecule has 1 unspecified atom stereocenters. The molecule has 0 saturated carbocycles. The van der Waals surface area contributed by atoms with Crippen LogP contribution in [0.15, 0.2) is 24.3 Å². The van der Waals surface area contributed by atoms with Crippen molar-refractivity contribution in [1.82, 2.24) is 4.98 Å². The lowest BCUT2D eigenvalue weighted by atomic mass is 9.81. The minimum atomic E-state index is -0.397. The Morgan fingerprint density at radius 1 is 1.33 bits per heavy atom. The van der Waals surface area contributed by atoms with E-state index in [0.717, 1.165) is 17.7 Å². The maximum atomic E-state index is 12.6. The van der Waals surface area contributed by atoms with E-state index in [4.69, 9.17) is 16.3 Å². The van der Waals surface area contributed by atoms with Gasteiger partial charge in [0.15, 0.2) is 5.78 Å². The number of fused-ring (bicyclic) bond motifs is 1. The number of ketones is 1. The van der Waals surface area contributed by atoms with Crippen LogP contribution in [-0.2, 0) is 11.2 Å². The third-order valence-corrected chi connectivity index (χ3v) is 4.82. The summed E-state index contributed by atoms with van der Waals surface area (Å²) in [6.45, 7) is 4.11. The average molecular weight is 346 g/mol. The molecule has 1 aromatic heterocycles. The van der Waals surface area contributed by atoms with Crippen LogP contribution in [0.4, 0.5) is 0 Å². The van der Waals surface area contributed by atoms with Crippen molar-refractivity contribution in [1.29, 1.82) is 0 Å². The summed E-state index contributed by atoms with van der Waals surface area (Å²) in [5.41, 5.74) is 3.50. The van der Waals surface area contributed by atoms with Crippen molar-refractivity contribution in [2.24, 2.45) is 0 Å². The number of aromatic amines is 1. The van der Waals surface area contributed by atoms with Crippen LogP contribution in [0.1, 0.15) is 63.4 Å². The molecular formula is C19H20ClNO3. The standard InChI is InChI=1S/C19H20ClNO3/c1-3-8-24-19(23)18-11(2)17-15(21-18)9-12(10-16(17)22)13-6-4-5-7-14(13)20/h4-7,12,21H,3,8-10H2,1-2H3. The second-order valence-electron chi connectivity index (χ2n) is 6.16. The van der Waals surface area contributed by atoms with Gasteiger partial charge in [-0.2, -0.15) is 0 Å². The molecule has 1 aliphatic rings. The first-order valence-corrected chi connectivity index (χ1v) is 8.56. The number of carbonyl (C=O) groups excluding carboxylic acids is 2. The second-order valence-corrected chi connectivity index (χ2v) is 6.57. The van der Waals surface area contributed by atoms with Gasteiger partial charge in [0.25, 0.3) is 0 Å². The molecule has 1 heterocycles. The zero-order valence-corrected chi connectivity index (χ0v) is 14.6. The number of hydrogen-bond donors (Lipinski definition) is 1. The molecule has 0 aliphatic heterocycles. The zero-order valence-electron chi connectivity index (χ0n) is 13.8. The second kappa shape index (κ2) is 6.81. The van der Waals surface area contributed by atoms with Gasteiger partial charge in [-0.1, -0.05) is 36.7 Å². The lowest BCUT2D eigenvalue weighted by Gasteiger charge is -2.22. The Morgan fingerprint density at radius 3 is 2.79 bits per heavy atom. The van der Waals surface area contributed by atoms with Gasteiger partial charge in [-0.25, -0.2) is 4.79 Å². The summed E-state index contributed by atoms with van der Waals surface area (Å²) in [6, 6.07) is 7.60. The number of ether oxygens (including phenoxy) is 1. The van der Waals surface area contributed by atoms with Crippen LogP contribution >= 0.6 is 11.6 Å². The minimum absolute atomic E-state index is 0.0243. The molecule has 0 saturated heterocycles. The van der Waals surface area contributed by atoms with Gasteiger partial charge in [0.1, 0.15) is 5.69 Å². The first kappa shape index (κ1) is 16.8. The molecule has 2 aromatic rings. The molecule has 126 valence electrons. The van der Waals surface area contributed by atoms with E-state index in [9.17, 15) is 9.59 Å². The van der Waals surface area contributed by atoms with Crippen LogP contribution in [0.25, 0.3) is 0 Å². The number of nitrogens with one attached hydrogen (secondary N) is 1. The van der Waals surface area contributed by atoms with Gasteiger partial charge in [0.05, 0.1) is 6.61 Å². The number of rotatable bonds is 4. The summed E-state index contributed by atoms with van der Waals surface area (Å²) in [5.74, 6) is -0.327. The Bertz CT molecular complexity index is 794.